The van der Waals surface area contributed by atoms with Crippen LogP contribution in [0, 0.1) is 13.8 Å². The van der Waals surface area contributed by atoms with E-state index < -0.39 is 24.3 Å². The quantitative estimate of drug-likeness (QED) is 0.938. The fourth-order valence-electron chi connectivity index (χ4n) is 2.14. The summed E-state index contributed by atoms with van der Waals surface area (Å²) >= 11 is 0. The van der Waals surface area contributed by atoms with Crippen molar-refractivity contribution in [2.75, 3.05) is 12.4 Å². The number of carbonyl (C=O) groups is 1. The normalized spacial score (nSPS) is 11.4. The van der Waals surface area contributed by atoms with Crippen molar-refractivity contribution in [2.24, 2.45) is 0 Å². The molecule has 1 amide bonds. The molecule has 1 aromatic heterocycles. The first-order chi connectivity index (χ1) is 10.7. The van der Waals surface area contributed by atoms with Crippen LogP contribution in [0.5, 0.6) is 5.75 Å². The van der Waals surface area contributed by atoms with Crippen LogP contribution in [-0.4, -0.2) is 22.8 Å². The Labute approximate surface area is 131 Å². The molecule has 0 spiro atoms. The number of amides is 1. The molecule has 124 valence electrons. The zero-order valence-electron chi connectivity index (χ0n) is 12.9. The molecule has 8 heteroatoms. The maximum Gasteiger partial charge on any atom is 0.433 e. The van der Waals surface area contributed by atoms with Crippen LogP contribution in [0.25, 0.3) is 0 Å². The van der Waals surface area contributed by atoms with Crippen molar-refractivity contribution in [1.82, 2.24) is 9.78 Å². The fraction of sp³-hybridized carbons (Fsp3) is 0.333. The maximum absolute atomic E-state index is 12.9. The van der Waals surface area contributed by atoms with Gasteiger partial charge in [-0.2, -0.15) is 18.3 Å². The topological polar surface area (TPSA) is 56.1 Å². The van der Waals surface area contributed by atoms with Gasteiger partial charge in [-0.3, -0.25) is 9.48 Å². The lowest BCUT2D eigenvalue weighted by Gasteiger charge is -2.13. The highest BCUT2D eigenvalue weighted by Crippen LogP contribution is 2.30. The van der Waals surface area contributed by atoms with Gasteiger partial charge in [-0.05, 0) is 37.6 Å². The van der Waals surface area contributed by atoms with E-state index in [4.69, 9.17) is 4.74 Å². The Bertz CT molecular complexity index is 723. The molecule has 1 heterocycles. The Balaban J connectivity index is 2.20. The van der Waals surface area contributed by atoms with E-state index in [1.54, 1.807) is 18.2 Å². The number of methoxy groups -OCH3 is 1. The van der Waals surface area contributed by atoms with E-state index in [1.807, 2.05) is 6.92 Å². The lowest BCUT2D eigenvalue weighted by Crippen LogP contribution is -2.24. The highest BCUT2D eigenvalue weighted by atomic mass is 19.4. The van der Waals surface area contributed by atoms with Crippen LogP contribution >= 0.6 is 0 Å². The molecule has 1 aromatic carbocycles. The smallest absolute Gasteiger partial charge is 0.433 e. The summed E-state index contributed by atoms with van der Waals surface area (Å²) in [4.78, 5) is 12.1. The predicted octanol–water partition coefficient (Wildman–Crippen LogP) is 3.17. The lowest BCUT2D eigenvalue weighted by molar-refractivity contribution is -0.144. The Morgan fingerprint density at radius 2 is 2.00 bits per heavy atom. The third kappa shape index (κ3) is 4.02. The first-order valence-electron chi connectivity index (χ1n) is 6.77. The highest BCUT2D eigenvalue weighted by molar-refractivity contribution is 5.92. The van der Waals surface area contributed by atoms with E-state index in [1.165, 1.54) is 14.0 Å². The Kier molecular flexibility index (Phi) is 4.63. The molecule has 0 aliphatic heterocycles. The molecule has 0 atom stereocenters. The van der Waals surface area contributed by atoms with Gasteiger partial charge in [0.2, 0.25) is 5.91 Å². The van der Waals surface area contributed by atoms with Gasteiger partial charge in [0, 0.05) is 0 Å². The van der Waals surface area contributed by atoms with E-state index in [0.29, 0.717) is 16.1 Å². The number of alkyl halides is 3. The first-order valence-corrected chi connectivity index (χ1v) is 6.77. The fourth-order valence-corrected chi connectivity index (χ4v) is 2.14. The number of rotatable bonds is 4. The van der Waals surface area contributed by atoms with Crippen LogP contribution in [0.3, 0.4) is 0 Å². The third-order valence-electron chi connectivity index (χ3n) is 3.12. The molecule has 0 saturated carbocycles. The molecule has 0 aliphatic carbocycles. The molecular formula is C15H16F3N3O2. The number of nitrogens with zero attached hydrogens (tertiary/aromatic N) is 2. The molecule has 1 N–H and O–H groups in total. The van der Waals surface area contributed by atoms with Gasteiger partial charge in [0.15, 0.2) is 0 Å². The number of ether oxygens (including phenoxy) is 1. The van der Waals surface area contributed by atoms with E-state index in [0.717, 1.165) is 11.6 Å². The van der Waals surface area contributed by atoms with Gasteiger partial charge in [-0.25, -0.2) is 0 Å². The summed E-state index contributed by atoms with van der Waals surface area (Å²) in [5, 5.41) is 6.27. The summed E-state index contributed by atoms with van der Waals surface area (Å²) in [6.07, 6.45) is -4.57. The average molecular weight is 327 g/mol. The molecular weight excluding hydrogens is 311 g/mol. The molecule has 0 bridgehead atoms. The monoisotopic (exact) mass is 327 g/mol. The van der Waals surface area contributed by atoms with Crippen molar-refractivity contribution in [3.8, 4) is 5.75 Å². The van der Waals surface area contributed by atoms with Crippen molar-refractivity contribution in [3.63, 3.8) is 0 Å². The van der Waals surface area contributed by atoms with Gasteiger partial charge >= 0.3 is 6.18 Å². The number of aromatic nitrogens is 2. The van der Waals surface area contributed by atoms with Crippen LogP contribution in [0.4, 0.5) is 18.9 Å². The van der Waals surface area contributed by atoms with Crippen LogP contribution < -0.4 is 10.1 Å². The van der Waals surface area contributed by atoms with Crippen LogP contribution in [0.1, 0.15) is 17.0 Å². The largest absolute Gasteiger partial charge is 0.495 e. The molecule has 0 saturated heterocycles. The molecule has 0 fully saturated rings. The lowest BCUT2D eigenvalue weighted by atomic mass is 10.2. The van der Waals surface area contributed by atoms with Gasteiger partial charge in [0.1, 0.15) is 18.0 Å². The van der Waals surface area contributed by atoms with Crippen LogP contribution in [0.2, 0.25) is 0 Å². The third-order valence-corrected chi connectivity index (χ3v) is 3.12. The predicted molar refractivity (Wildman–Crippen MR) is 78.3 cm³/mol. The van der Waals surface area contributed by atoms with E-state index in [2.05, 4.69) is 10.4 Å². The van der Waals surface area contributed by atoms with Crippen molar-refractivity contribution < 1.29 is 22.7 Å². The van der Waals surface area contributed by atoms with Gasteiger partial charge in [0.25, 0.3) is 0 Å². The highest BCUT2D eigenvalue weighted by Gasteiger charge is 2.35. The number of halogens is 3. The zero-order chi connectivity index (χ0) is 17.2. The molecule has 0 aliphatic rings. The van der Waals surface area contributed by atoms with Crippen molar-refractivity contribution in [3.05, 3.63) is 41.2 Å². The number of aryl methyl sites for hydroxylation is 2. The molecule has 0 radical (unpaired) electrons. The second-order valence-electron chi connectivity index (χ2n) is 5.08. The summed E-state index contributed by atoms with van der Waals surface area (Å²) in [5.74, 6) is -0.195. The number of hydrogen-bond donors (Lipinski definition) is 1. The minimum absolute atomic E-state index is 0.193. The number of anilines is 1. The summed E-state index contributed by atoms with van der Waals surface area (Å²) in [6.45, 7) is 2.72. The summed E-state index contributed by atoms with van der Waals surface area (Å²) in [7, 11) is 1.44. The number of carbonyl (C=O) groups excluding carboxylic acids is 1. The number of benzene rings is 1. The maximum atomic E-state index is 12.9. The summed E-state index contributed by atoms with van der Waals surface area (Å²) < 4.78 is 44.5. The number of hydrogen-bond acceptors (Lipinski definition) is 3. The molecule has 0 unspecified atom stereocenters. The van der Waals surface area contributed by atoms with E-state index in [-0.39, 0.29) is 5.69 Å². The van der Waals surface area contributed by atoms with Crippen molar-refractivity contribution in [2.45, 2.75) is 26.6 Å². The summed E-state index contributed by atoms with van der Waals surface area (Å²) in [6, 6.07) is 6.05. The van der Waals surface area contributed by atoms with Gasteiger partial charge in [-0.15, -0.1) is 0 Å². The Hall–Kier alpha value is -2.51. The van der Waals surface area contributed by atoms with Crippen molar-refractivity contribution in [1.29, 1.82) is 0 Å². The summed E-state index contributed by atoms with van der Waals surface area (Å²) in [5.41, 5.74) is 0.515. The van der Waals surface area contributed by atoms with E-state index >= 15 is 0 Å². The molecule has 5 nitrogen and oxygen atoms in total. The second kappa shape index (κ2) is 6.31. The van der Waals surface area contributed by atoms with Gasteiger partial charge in [-0.1, -0.05) is 6.07 Å². The molecule has 23 heavy (non-hydrogen) atoms. The van der Waals surface area contributed by atoms with Gasteiger partial charge in [0.05, 0.1) is 18.5 Å². The zero-order valence-corrected chi connectivity index (χ0v) is 12.9. The first kappa shape index (κ1) is 16.9. The van der Waals surface area contributed by atoms with Crippen molar-refractivity contribution >= 4 is 11.6 Å². The number of nitrogens with one attached hydrogen (secondary N) is 1. The van der Waals surface area contributed by atoms with Crippen LogP contribution in [-0.2, 0) is 17.5 Å². The minimum atomic E-state index is -4.57. The van der Waals surface area contributed by atoms with Crippen LogP contribution in [0.15, 0.2) is 24.3 Å². The van der Waals surface area contributed by atoms with E-state index in [9.17, 15) is 18.0 Å². The Morgan fingerprint density at radius 3 is 2.61 bits per heavy atom. The average Bonchev–Trinajstić information content (AvgIpc) is 2.79. The van der Waals surface area contributed by atoms with Gasteiger partial charge < -0.3 is 10.1 Å². The minimum Gasteiger partial charge on any atom is -0.495 e. The second-order valence-corrected chi connectivity index (χ2v) is 5.08. The molecule has 2 aromatic rings. The standard InChI is InChI=1S/C15H16F3N3O2/c1-9-4-5-12(23-3)11(6-9)19-14(22)8-21-13(15(16,17)18)7-10(2)20-21/h4-7H,8H2,1-3H3,(H,19,22). The SMILES string of the molecule is COc1ccc(C)cc1NC(=O)Cn1nc(C)cc1C(F)(F)F. The molecule has 2 rings (SSSR count). The Morgan fingerprint density at radius 1 is 1.30 bits per heavy atom.